The first-order chi connectivity index (χ1) is 8.24. The Morgan fingerprint density at radius 3 is 2.94 bits per heavy atom. The molecule has 1 rings (SSSR count). The van der Waals surface area contributed by atoms with Crippen molar-refractivity contribution in [3.05, 3.63) is 28.2 Å². The minimum absolute atomic E-state index is 0.469. The number of rotatable bonds is 3. The van der Waals surface area contributed by atoms with Gasteiger partial charge in [-0.05, 0) is 25.1 Å². The summed E-state index contributed by atoms with van der Waals surface area (Å²) in [6.07, 6.45) is 0.678. The summed E-state index contributed by atoms with van der Waals surface area (Å²) >= 11 is 3.38. The molecule has 1 aromatic rings. The van der Waals surface area contributed by atoms with E-state index in [1.165, 1.54) is 0 Å². The smallest absolute Gasteiger partial charge is 0.107 e. The predicted octanol–water partition coefficient (Wildman–Crippen LogP) is 2.81. The van der Waals surface area contributed by atoms with E-state index in [0.717, 1.165) is 10.0 Å². The molecule has 3 heteroatoms. The van der Waals surface area contributed by atoms with Crippen molar-refractivity contribution >= 4 is 21.6 Å². The molecular formula is C14H14BrNO. The van der Waals surface area contributed by atoms with E-state index in [9.17, 15) is 0 Å². The first-order valence-corrected chi connectivity index (χ1v) is 6.04. The van der Waals surface area contributed by atoms with Crippen LogP contribution in [0.5, 0.6) is 0 Å². The zero-order chi connectivity index (χ0) is 12.5. The summed E-state index contributed by atoms with van der Waals surface area (Å²) in [6, 6.07) is 5.64. The van der Waals surface area contributed by atoms with Gasteiger partial charge >= 0.3 is 0 Å². The van der Waals surface area contributed by atoms with Crippen molar-refractivity contribution in [2.24, 2.45) is 0 Å². The van der Waals surface area contributed by atoms with Crippen molar-refractivity contribution in [3.8, 4) is 23.7 Å². The monoisotopic (exact) mass is 291 g/mol. The summed E-state index contributed by atoms with van der Waals surface area (Å²) < 4.78 is 6.23. The van der Waals surface area contributed by atoms with Crippen LogP contribution >= 0.6 is 15.9 Å². The van der Waals surface area contributed by atoms with Gasteiger partial charge in [-0.3, -0.25) is 0 Å². The number of anilines is 1. The minimum atomic E-state index is 0.469. The lowest BCUT2D eigenvalue weighted by molar-refractivity contribution is 0.174. The first kappa shape index (κ1) is 13.6. The average molecular weight is 292 g/mol. The van der Waals surface area contributed by atoms with Gasteiger partial charge in [-0.15, -0.1) is 5.92 Å². The molecule has 0 amide bonds. The second-order valence-electron chi connectivity index (χ2n) is 3.26. The number of hydrogen-bond acceptors (Lipinski definition) is 2. The number of nitrogens with two attached hydrogens (primary N) is 1. The van der Waals surface area contributed by atoms with Crippen molar-refractivity contribution in [2.75, 3.05) is 18.9 Å². The molecule has 1 aromatic carbocycles. The fourth-order valence-electron chi connectivity index (χ4n) is 1.11. The molecule has 0 radical (unpaired) electrons. The minimum Gasteiger partial charge on any atom is -0.398 e. The quantitative estimate of drug-likeness (QED) is 0.528. The van der Waals surface area contributed by atoms with Gasteiger partial charge in [-0.1, -0.05) is 33.7 Å². The normalized spacial score (nSPS) is 8.82. The van der Waals surface area contributed by atoms with E-state index in [-0.39, 0.29) is 0 Å². The van der Waals surface area contributed by atoms with Gasteiger partial charge in [-0.25, -0.2) is 0 Å². The number of nitrogen functional groups attached to an aromatic ring is 1. The zero-order valence-electron chi connectivity index (χ0n) is 9.72. The lowest BCUT2D eigenvalue weighted by atomic mass is 10.2. The summed E-state index contributed by atoms with van der Waals surface area (Å²) in [5, 5.41) is 0. The van der Waals surface area contributed by atoms with E-state index in [0.29, 0.717) is 25.3 Å². The maximum Gasteiger partial charge on any atom is 0.107 e. The molecule has 0 aliphatic rings. The average Bonchev–Trinajstić information content (AvgIpc) is 2.32. The molecule has 17 heavy (non-hydrogen) atoms. The van der Waals surface area contributed by atoms with Gasteiger partial charge in [0.25, 0.3) is 0 Å². The molecule has 88 valence electrons. The van der Waals surface area contributed by atoms with E-state index in [2.05, 4.69) is 39.6 Å². The number of halogens is 1. The van der Waals surface area contributed by atoms with Gasteiger partial charge in [0.1, 0.15) is 6.61 Å². The van der Waals surface area contributed by atoms with E-state index >= 15 is 0 Å². The Morgan fingerprint density at radius 2 is 2.18 bits per heavy atom. The SMILES string of the molecule is CC#CCOCCC#Cc1cc(Br)ccc1N. The number of ether oxygens (including phenoxy) is 1. The molecule has 0 saturated heterocycles. The second-order valence-corrected chi connectivity index (χ2v) is 4.18. The molecule has 0 bridgehead atoms. The Balaban J connectivity index is 2.42. The van der Waals surface area contributed by atoms with Crippen LogP contribution in [0.4, 0.5) is 5.69 Å². The summed E-state index contributed by atoms with van der Waals surface area (Å²) in [5.74, 6) is 11.6. The Labute approximate surface area is 111 Å². The third-order valence-corrected chi connectivity index (χ3v) is 2.45. The fraction of sp³-hybridized carbons (Fsp3) is 0.286. The summed E-state index contributed by atoms with van der Waals surface area (Å²) in [7, 11) is 0. The molecule has 0 fully saturated rings. The molecule has 0 aliphatic carbocycles. The van der Waals surface area contributed by atoms with E-state index in [4.69, 9.17) is 10.5 Å². The molecule has 0 saturated carbocycles. The zero-order valence-corrected chi connectivity index (χ0v) is 11.3. The molecule has 0 atom stereocenters. The Kier molecular flexibility index (Phi) is 6.25. The molecule has 0 heterocycles. The van der Waals surface area contributed by atoms with Gasteiger partial charge in [0.15, 0.2) is 0 Å². The maximum absolute atomic E-state index is 5.80. The van der Waals surface area contributed by atoms with Crippen LogP contribution in [0.25, 0.3) is 0 Å². The van der Waals surface area contributed by atoms with Crippen LogP contribution in [-0.4, -0.2) is 13.2 Å². The van der Waals surface area contributed by atoms with Crippen molar-refractivity contribution < 1.29 is 4.74 Å². The van der Waals surface area contributed by atoms with Crippen LogP contribution in [0.1, 0.15) is 18.9 Å². The maximum atomic E-state index is 5.80. The van der Waals surface area contributed by atoms with E-state index < -0.39 is 0 Å². The summed E-state index contributed by atoms with van der Waals surface area (Å²) in [4.78, 5) is 0. The van der Waals surface area contributed by atoms with Crippen molar-refractivity contribution in [1.29, 1.82) is 0 Å². The Morgan fingerprint density at radius 1 is 1.35 bits per heavy atom. The van der Waals surface area contributed by atoms with Gasteiger partial charge < -0.3 is 10.5 Å². The lowest BCUT2D eigenvalue weighted by Crippen LogP contribution is -1.93. The van der Waals surface area contributed by atoms with Crippen LogP contribution in [0, 0.1) is 23.7 Å². The van der Waals surface area contributed by atoms with Crippen LogP contribution < -0.4 is 5.73 Å². The largest absolute Gasteiger partial charge is 0.398 e. The third kappa shape index (κ3) is 5.45. The van der Waals surface area contributed by atoms with Crippen LogP contribution in [0.15, 0.2) is 22.7 Å². The van der Waals surface area contributed by atoms with Gasteiger partial charge in [-0.2, -0.15) is 0 Å². The van der Waals surface area contributed by atoms with Gasteiger partial charge in [0.05, 0.1) is 6.61 Å². The lowest BCUT2D eigenvalue weighted by Gasteiger charge is -1.98. The first-order valence-electron chi connectivity index (χ1n) is 5.25. The van der Waals surface area contributed by atoms with Crippen LogP contribution in [0.2, 0.25) is 0 Å². The highest BCUT2D eigenvalue weighted by Crippen LogP contribution is 2.17. The predicted molar refractivity (Wildman–Crippen MR) is 74.3 cm³/mol. The molecule has 0 aromatic heterocycles. The van der Waals surface area contributed by atoms with Crippen molar-refractivity contribution in [1.82, 2.24) is 0 Å². The van der Waals surface area contributed by atoms with Gasteiger partial charge in [0, 0.05) is 22.1 Å². The van der Waals surface area contributed by atoms with Crippen LogP contribution in [-0.2, 0) is 4.74 Å². The molecular weight excluding hydrogens is 278 g/mol. The van der Waals surface area contributed by atoms with Crippen molar-refractivity contribution in [2.45, 2.75) is 13.3 Å². The molecule has 0 aliphatic heterocycles. The second kappa shape index (κ2) is 7.79. The highest BCUT2D eigenvalue weighted by atomic mass is 79.9. The molecule has 0 spiro atoms. The molecule has 2 nitrogen and oxygen atoms in total. The summed E-state index contributed by atoms with van der Waals surface area (Å²) in [5.41, 5.74) is 7.33. The third-order valence-electron chi connectivity index (χ3n) is 1.96. The highest BCUT2D eigenvalue weighted by Gasteiger charge is 1.95. The van der Waals surface area contributed by atoms with Crippen molar-refractivity contribution in [3.63, 3.8) is 0 Å². The number of benzene rings is 1. The topological polar surface area (TPSA) is 35.2 Å². The number of hydrogen-bond donors (Lipinski definition) is 1. The standard InChI is InChI=1S/C14H14BrNO/c1-2-3-9-17-10-5-4-6-12-11-13(15)7-8-14(12)16/h7-8,11H,5,9-10,16H2,1H3. The molecule has 2 N–H and O–H groups in total. The fourth-order valence-corrected chi connectivity index (χ4v) is 1.47. The van der Waals surface area contributed by atoms with Crippen LogP contribution in [0.3, 0.4) is 0 Å². The Bertz CT molecular complexity index is 488. The summed E-state index contributed by atoms with van der Waals surface area (Å²) in [6.45, 7) is 2.85. The Hall–Kier alpha value is -1.42. The van der Waals surface area contributed by atoms with E-state index in [1.54, 1.807) is 6.92 Å². The molecule has 0 unspecified atom stereocenters. The highest BCUT2D eigenvalue weighted by molar-refractivity contribution is 9.10. The van der Waals surface area contributed by atoms with Gasteiger partial charge in [0.2, 0.25) is 0 Å². The van der Waals surface area contributed by atoms with E-state index in [1.807, 2.05) is 18.2 Å².